The maximum atomic E-state index is 4.03. The Bertz CT molecular complexity index is 846. The van der Waals surface area contributed by atoms with Gasteiger partial charge in [0.25, 0.3) is 0 Å². The van der Waals surface area contributed by atoms with Gasteiger partial charge in [0, 0.05) is 0 Å². The zero-order valence-corrected chi connectivity index (χ0v) is 20.4. The molecule has 0 heteroatoms. The summed E-state index contributed by atoms with van der Waals surface area (Å²) in [6.07, 6.45) is 14.9. The summed E-state index contributed by atoms with van der Waals surface area (Å²) in [5.74, 6) is 0.658. The van der Waals surface area contributed by atoms with Crippen molar-refractivity contribution in [2.75, 3.05) is 0 Å². The molecule has 30 heavy (non-hydrogen) atoms. The van der Waals surface area contributed by atoms with E-state index in [0.717, 1.165) is 12.8 Å². The average molecular weight is 403 g/mol. The minimum Gasteiger partial charge on any atom is -0.100 e. The summed E-state index contributed by atoms with van der Waals surface area (Å²) in [5.41, 5.74) is 10.2. The molecule has 0 radical (unpaired) electrons. The van der Waals surface area contributed by atoms with Crippen LogP contribution in [-0.2, 0) is 0 Å². The fourth-order valence-electron chi connectivity index (χ4n) is 4.70. The monoisotopic (exact) mass is 402 g/mol. The molecule has 1 aromatic carbocycles. The minimum absolute atomic E-state index is 0.224. The summed E-state index contributed by atoms with van der Waals surface area (Å²) in [6, 6.07) is 9.14. The molecule has 0 heterocycles. The van der Waals surface area contributed by atoms with Crippen molar-refractivity contribution in [2.45, 2.75) is 86.5 Å². The molecule has 0 amide bonds. The average Bonchev–Trinajstić information content (AvgIpc) is 2.92. The second-order valence-corrected chi connectivity index (χ2v) is 9.92. The van der Waals surface area contributed by atoms with Gasteiger partial charge in [-0.2, -0.15) is 0 Å². The molecule has 0 bridgehead atoms. The van der Waals surface area contributed by atoms with Crippen LogP contribution in [0.5, 0.6) is 0 Å². The zero-order valence-electron chi connectivity index (χ0n) is 20.4. The normalized spacial score (nSPS) is 17.4. The van der Waals surface area contributed by atoms with Crippen molar-refractivity contribution in [3.63, 3.8) is 0 Å². The number of hydrogen-bond donors (Lipinski definition) is 0. The number of rotatable bonds is 9. The second kappa shape index (κ2) is 10.8. The lowest BCUT2D eigenvalue weighted by Gasteiger charge is -2.20. The molecular formula is C30H42. The number of hydrogen-bond acceptors (Lipinski definition) is 0. The smallest absolute Gasteiger partial charge is 0.00604 e. The van der Waals surface area contributed by atoms with Crippen LogP contribution in [0.3, 0.4) is 0 Å². The summed E-state index contributed by atoms with van der Waals surface area (Å²) < 4.78 is 0. The molecule has 1 aliphatic carbocycles. The Morgan fingerprint density at radius 2 is 1.70 bits per heavy atom. The van der Waals surface area contributed by atoms with Gasteiger partial charge in [0.05, 0.1) is 0 Å². The molecule has 0 N–H and O–H groups in total. The Balaban J connectivity index is 2.03. The predicted molar refractivity (Wildman–Crippen MR) is 136 cm³/mol. The molecule has 1 aliphatic rings. The second-order valence-electron chi connectivity index (χ2n) is 9.92. The standard InChI is InChI=1S/C30H42/c1-9-26(15-12-13-22(2)3)27-19-17-25(18-20-27)14-10-11-16-29-24(6)28(23(4)5)21-30(29,7)8/h10-11,14,16-20,26H,2,9,12-13,15,21H2,1,3-8H3/b14-10+,16-11+. The van der Waals surface area contributed by atoms with Gasteiger partial charge in [-0.05, 0) is 99.0 Å². The molecule has 162 valence electrons. The van der Waals surface area contributed by atoms with Gasteiger partial charge < -0.3 is 0 Å². The summed E-state index contributed by atoms with van der Waals surface area (Å²) >= 11 is 0. The van der Waals surface area contributed by atoms with Crippen LogP contribution in [0.1, 0.15) is 97.6 Å². The molecule has 1 unspecified atom stereocenters. The topological polar surface area (TPSA) is 0 Å². The van der Waals surface area contributed by atoms with Crippen molar-refractivity contribution in [1.82, 2.24) is 0 Å². The van der Waals surface area contributed by atoms with Crippen LogP contribution in [0, 0.1) is 5.41 Å². The first-order valence-corrected chi connectivity index (χ1v) is 11.6. The van der Waals surface area contributed by atoms with Crippen molar-refractivity contribution in [2.24, 2.45) is 5.41 Å². The molecule has 0 fully saturated rings. The molecule has 1 aromatic rings. The van der Waals surface area contributed by atoms with Crippen LogP contribution in [0.2, 0.25) is 0 Å². The van der Waals surface area contributed by atoms with Crippen LogP contribution in [0.4, 0.5) is 0 Å². The number of benzene rings is 1. The van der Waals surface area contributed by atoms with E-state index in [-0.39, 0.29) is 5.41 Å². The summed E-state index contributed by atoms with van der Waals surface area (Å²) in [6.45, 7) is 19.9. The van der Waals surface area contributed by atoms with Gasteiger partial charge in [-0.15, -0.1) is 6.58 Å². The lowest BCUT2D eigenvalue weighted by molar-refractivity contribution is 0.476. The highest BCUT2D eigenvalue weighted by Gasteiger charge is 2.32. The molecule has 0 nitrogen and oxygen atoms in total. The first-order chi connectivity index (χ1) is 14.2. The van der Waals surface area contributed by atoms with Crippen LogP contribution >= 0.6 is 0 Å². The highest BCUT2D eigenvalue weighted by Crippen LogP contribution is 2.47. The zero-order chi connectivity index (χ0) is 22.3. The fraction of sp³-hybridized carbons (Fsp3) is 0.467. The van der Waals surface area contributed by atoms with E-state index in [4.69, 9.17) is 0 Å². The third-order valence-electron chi connectivity index (χ3n) is 6.53. The molecule has 0 saturated carbocycles. The van der Waals surface area contributed by atoms with Gasteiger partial charge in [0.15, 0.2) is 0 Å². The first-order valence-electron chi connectivity index (χ1n) is 11.6. The Morgan fingerprint density at radius 3 is 2.23 bits per heavy atom. The van der Waals surface area contributed by atoms with Crippen molar-refractivity contribution in [1.29, 1.82) is 0 Å². The molecule has 2 rings (SSSR count). The maximum Gasteiger partial charge on any atom is -0.00604 e. The van der Waals surface area contributed by atoms with Crippen molar-refractivity contribution in [3.05, 3.63) is 88.1 Å². The fourth-order valence-corrected chi connectivity index (χ4v) is 4.70. The summed E-state index contributed by atoms with van der Waals surface area (Å²) in [7, 11) is 0. The summed E-state index contributed by atoms with van der Waals surface area (Å²) in [5, 5.41) is 0. The molecule has 0 spiro atoms. The van der Waals surface area contributed by atoms with Crippen molar-refractivity contribution >= 4 is 6.08 Å². The van der Waals surface area contributed by atoms with E-state index in [1.165, 1.54) is 58.3 Å². The van der Waals surface area contributed by atoms with E-state index in [2.05, 4.69) is 104 Å². The highest BCUT2D eigenvalue weighted by atomic mass is 14.4. The van der Waals surface area contributed by atoms with Gasteiger partial charge in [0.1, 0.15) is 0 Å². The molecule has 1 atom stereocenters. The SMILES string of the molecule is C=C(C)CCCC(CC)c1ccc(/C=C/C=C/C2=C(C)C(=C(C)C)CC2(C)C)cc1. The quantitative estimate of drug-likeness (QED) is 0.285. The lowest BCUT2D eigenvalue weighted by Crippen LogP contribution is -2.08. The van der Waals surface area contributed by atoms with Gasteiger partial charge in [0.2, 0.25) is 0 Å². The van der Waals surface area contributed by atoms with Crippen molar-refractivity contribution < 1.29 is 0 Å². The molecule has 0 aromatic heterocycles. The van der Waals surface area contributed by atoms with Crippen LogP contribution in [0.25, 0.3) is 6.08 Å². The third kappa shape index (κ3) is 6.46. The van der Waals surface area contributed by atoms with Crippen LogP contribution in [-0.4, -0.2) is 0 Å². The van der Waals surface area contributed by atoms with Gasteiger partial charge >= 0.3 is 0 Å². The van der Waals surface area contributed by atoms with Gasteiger partial charge in [-0.1, -0.05) is 80.5 Å². The van der Waals surface area contributed by atoms with Crippen molar-refractivity contribution in [3.8, 4) is 0 Å². The van der Waals surface area contributed by atoms with E-state index in [0.29, 0.717) is 5.92 Å². The Hall–Kier alpha value is -2.08. The third-order valence-corrected chi connectivity index (χ3v) is 6.53. The van der Waals surface area contributed by atoms with E-state index in [9.17, 15) is 0 Å². The van der Waals surface area contributed by atoms with E-state index in [1.807, 2.05) is 0 Å². The minimum atomic E-state index is 0.224. The Morgan fingerprint density at radius 1 is 1.07 bits per heavy atom. The van der Waals surface area contributed by atoms with Gasteiger partial charge in [-0.25, -0.2) is 0 Å². The largest absolute Gasteiger partial charge is 0.100 e. The lowest BCUT2D eigenvalue weighted by atomic mass is 9.84. The number of allylic oxidation sites excluding steroid dienone is 8. The van der Waals surface area contributed by atoms with E-state index < -0.39 is 0 Å². The Labute approximate surface area is 186 Å². The van der Waals surface area contributed by atoms with Crippen LogP contribution < -0.4 is 0 Å². The van der Waals surface area contributed by atoms with E-state index >= 15 is 0 Å². The first kappa shape index (κ1) is 24.2. The molecule has 0 saturated heterocycles. The molecule has 0 aliphatic heterocycles. The highest BCUT2D eigenvalue weighted by molar-refractivity contribution is 5.54. The summed E-state index contributed by atoms with van der Waals surface area (Å²) in [4.78, 5) is 0. The maximum absolute atomic E-state index is 4.03. The van der Waals surface area contributed by atoms with E-state index in [1.54, 1.807) is 0 Å². The Kier molecular flexibility index (Phi) is 8.71. The molecular weight excluding hydrogens is 360 g/mol. The van der Waals surface area contributed by atoms with Gasteiger partial charge in [-0.3, -0.25) is 0 Å². The van der Waals surface area contributed by atoms with Crippen LogP contribution in [0.15, 0.2) is 76.9 Å². The predicted octanol–water partition coefficient (Wildman–Crippen LogP) is 9.58.